The smallest absolute Gasteiger partial charge is 0.316 e. The first-order valence-electron chi connectivity index (χ1n) is 17.0. The van der Waals surface area contributed by atoms with Crippen LogP contribution in [0.1, 0.15) is 74.7 Å². The second-order valence-electron chi connectivity index (χ2n) is 14.6. The van der Waals surface area contributed by atoms with Gasteiger partial charge in [-0.25, -0.2) is 0 Å². The van der Waals surface area contributed by atoms with Crippen molar-refractivity contribution in [2.75, 3.05) is 26.5 Å². The number of hydrogen-bond donors (Lipinski definition) is 2. The molecular formula is C36H56N2O9. The van der Waals surface area contributed by atoms with Crippen LogP contribution in [0.4, 0.5) is 5.69 Å². The SMILES string of the molecule is CCC1OC(=O)[C@H](C)C(=O)[C@H](C)[C@@H](O[C@@H]2O[C@H](C)C[C@H](N(C)C)[C@H]2O)[C@](C)(OC)C[C@@H](C)C(=O)[C@H](C)[C@H]2Nc3ccccc3O[C@]12C. The normalized spacial score (nSPS) is 42.0. The Balaban J connectivity index is 1.78. The lowest BCUT2D eigenvalue weighted by molar-refractivity contribution is -0.295. The Hall–Kier alpha value is -2.57. The molecule has 13 atom stereocenters. The third kappa shape index (κ3) is 7.25. The van der Waals surface area contributed by atoms with E-state index in [0.29, 0.717) is 18.6 Å². The molecule has 0 radical (unpaired) electrons. The van der Waals surface area contributed by atoms with E-state index < -0.39 is 77.3 Å². The summed E-state index contributed by atoms with van der Waals surface area (Å²) >= 11 is 0. The maximum Gasteiger partial charge on any atom is 0.316 e. The standard InChI is InChI=1S/C36H56N2O9/c1-12-27-36(8)31(37-24-15-13-14-16-26(24)47-36)21(4)28(39)19(2)18-35(7,43-11)32(22(5)29(40)23(6)33(42)45-27)46-34-30(41)25(38(9)10)17-20(3)44-34/h13-16,19-23,25,27,30-32,34,37,41H,12,17-18H2,1-11H3/t19-,20-,21+,22+,23-,25+,27?,30-,31-,32-,34+,35-,36-/m1/s1. The highest BCUT2D eigenvalue weighted by atomic mass is 16.7. The van der Waals surface area contributed by atoms with Gasteiger partial charge in [0.1, 0.15) is 29.7 Å². The van der Waals surface area contributed by atoms with Crippen molar-refractivity contribution in [2.24, 2.45) is 23.7 Å². The number of nitrogens with one attached hydrogen (secondary N) is 1. The zero-order valence-corrected chi connectivity index (χ0v) is 29.9. The molecule has 11 nitrogen and oxygen atoms in total. The van der Waals surface area contributed by atoms with E-state index in [1.165, 1.54) is 7.11 Å². The number of ether oxygens (including phenoxy) is 5. The van der Waals surface area contributed by atoms with Crippen LogP contribution in [0.15, 0.2) is 24.3 Å². The number of Topliss-reactive ketones (excluding diaryl/α,β-unsaturated/α-hetero) is 2. The van der Waals surface area contributed by atoms with Crippen LogP contribution in [0.3, 0.4) is 0 Å². The Morgan fingerprint density at radius 1 is 1.02 bits per heavy atom. The molecule has 2 N–H and O–H groups in total. The number of methoxy groups -OCH3 is 1. The van der Waals surface area contributed by atoms with E-state index in [9.17, 15) is 19.5 Å². The number of cyclic esters (lactones) is 1. The molecule has 3 aliphatic rings. The maximum absolute atomic E-state index is 14.4. The quantitative estimate of drug-likeness (QED) is 0.347. The van der Waals surface area contributed by atoms with E-state index in [1.54, 1.807) is 13.8 Å². The number of nitrogens with zero attached hydrogens (tertiary/aromatic N) is 1. The molecule has 4 rings (SSSR count). The zero-order valence-electron chi connectivity index (χ0n) is 29.9. The lowest BCUT2D eigenvalue weighted by Crippen LogP contribution is -2.64. The van der Waals surface area contributed by atoms with Crippen molar-refractivity contribution in [2.45, 2.75) is 129 Å². The van der Waals surface area contributed by atoms with Crippen molar-refractivity contribution in [3.05, 3.63) is 24.3 Å². The molecule has 0 spiro atoms. The Kier molecular flexibility index (Phi) is 11.5. The van der Waals surface area contributed by atoms with E-state index in [1.807, 2.05) is 84.8 Å². The number of hydrogen-bond acceptors (Lipinski definition) is 11. The third-order valence-electron chi connectivity index (χ3n) is 10.9. The first kappa shape index (κ1) is 37.3. The van der Waals surface area contributed by atoms with Crippen molar-refractivity contribution in [1.82, 2.24) is 4.90 Å². The van der Waals surface area contributed by atoms with Crippen molar-refractivity contribution in [3.63, 3.8) is 0 Å². The summed E-state index contributed by atoms with van der Waals surface area (Å²) in [5, 5.41) is 14.9. The number of aliphatic hydroxyl groups excluding tert-OH is 1. The molecule has 0 aromatic heterocycles. The lowest BCUT2D eigenvalue weighted by atomic mass is 9.73. The minimum absolute atomic E-state index is 0.0421. The molecule has 2 saturated heterocycles. The Bertz CT molecular complexity index is 1290. The van der Waals surface area contributed by atoms with Gasteiger partial charge in [0, 0.05) is 30.9 Å². The van der Waals surface area contributed by atoms with Crippen LogP contribution in [0.2, 0.25) is 0 Å². The fraction of sp³-hybridized carbons (Fsp3) is 0.750. The van der Waals surface area contributed by atoms with E-state index in [-0.39, 0.29) is 24.3 Å². The van der Waals surface area contributed by atoms with Crippen LogP contribution >= 0.6 is 0 Å². The van der Waals surface area contributed by atoms with Gasteiger partial charge in [0.05, 0.1) is 29.5 Å². The largest absolute Gasteiger partial charge is 0.479 e. The Labute approximate surface area is 280 Å². The van der Waals surface area contributed by atoms with Crippen molar-refractivity contribution >= 4 is 23.2 Å². The number of benzene rings is 1. The maximum atomic E-state index is 14.4. The van der Waals surface area contributed by atoms with Crippen LogP contribution in [-0.4, -0.2) is 103 Å². The minimum atomic E-state index is -1.19. The van der Waals surface area contributed by atoms with Gasteiger partial charge in [-0.2, -0.15) is 0 Å². The summed E-state index contributed by atoms with van der Waals surface area (Å²) in [7, 11) is 5.29. The molecule has 3 aliphatic heterocycles. The molecule has 0 aliphatic carbocycles. The number of anilines is 1. The number of ketones is 2. The molecule has 1 aromatic rings. The molecule has 264 valence electrons. The first-order valence-corrected chi connectivity index (χ1v) is 17.0. The summed E-state index contributed by atoms with van der Waals surface area (Å²) in [6, 6.07) is 6.68. The fourth-order valence-electron chi connectivity index (χ4n) is 7.91. The van der Waals surface area contributed by atoms with Crippen LogP contribution < -0.4 is 10.1 Å². The molecular weight excluding hydrogens is 604 g/mol. The Morgan fingerprint density at radius 3 is 2.30 bits per heavy atom. The zero-order chi connectivity index (χ0) is 35.0. The van der Waals surface area contributed by atoms with Gasteiger partial charge in [-0.15, -0.1) is 0 Å². The minimum Gasteiger partial charge on any atom is -0.479 e. The number of aliphatic hydroxyl groups is 1. The summed E-state index contributed by atoms with van der Waals surface area (Å²) < 4.78 is 31.6. The Morgan fingerprint density at radius 2 is 1.68 bits per heavy atom. The monoisotopic (exact) mass is 660 g/mol. The molecule has 0 bridgehead atoms. The molecule has 1 aromatic carbocycles. The molecule has 0 amide bonds. The summed E-state index contributed by atoms with van der Waals surface area (Å²) in [4.78, 5) is 44.2. The highest BCUT2D eigenvalue weighted by molar-refractivity contribution is 6.00. The summed E-state index contributed by atoms with van der Waals surface area (Å²) in [5.74, 6) is -3.66. The van der Waals surface area contributed by atoms with Gasteiger partial charge in [0.25, 0.3) is 0 Å². The van der Waals surface area contributed by atoms with Crippen LogP contribution in [0, 0.1) is 23.7 Å². The van der Waals surface area contributed by atoms with Gasteiger partial charge in [0.15, 0.2) is 17.7 Å². The van der Waals surface area contributed by atoms with Crippen molar-refractivity contribution < 1.29 is 43.2 Å². The van der Waals surface area contributed by atoms with Crippen molar-refractivity contribution in [3.8, 4) is 5.75 Å². The highest BCUT2D eigenvalue weighted by Crippen LogP contribution is 2.44. The van der Waals surface area contributed by atoms with Crippen LogP contribution in [-0.2, 0) is 33.3 Å². The van der Waals surface area contributed by atoms with Gasteiger partial charge in [0.2, 0.25) is 0 Å². The topological polar surface area (TPSA) is 133 Å². The third-order valence-corrected chi connectivity index (χ3v) is 10.9. The number of carbonyl (C=O) groups excluding carboxylic acids is 3. The first-order chi connectivity index (χ1) is 22.0. The second kappa shape index (κ2) is 14.5. The van der Waals surface area contributed by atoms with E-state index in [0.717, 1.165) is 5.69 Å². The van der Waals surface area contributed by atoms with Gasteiger partial charge in [-0.05, 0) is 73.2 Å². The van der Waals surface area contributed by atoms with Gasteiger partial charge < -0.3 is 39.0 Å². The molecule has 3 heterocycles. The highest BCUT2D eigenvalue weighted by Gasteiger charge is 2.55. The van der Waals surface area contributed by atoms with E-state index in [2.05, 4.69) is 5.32 Å². The number of esters is 1. The van der Waals surface area contributed by atoms with E-state index in [4.69, 9.17) is 23.7 Å². The average molecular weight is 661 g/mol. The number of para-hydroxylation sites is 2. The second-order valence-corrected chi connectivity index (χ2v) is 14.6. The van der Waals surface area contributed by atoms with Gasteiger partial charge in [-0.1, -0.05) is 39.8 Å². The predicted molar refractivity (Wildman–Crippen MR) is 177 cm³/mol. The van der Waals surface area contributed by atoms with Gasteiger partial charge in [-0.3, -0.25) is 14.4 Å². The van der Waals surface area contributed by atoms with Crippen LogP contribution in [0.5, 0.6) is 5.75 Å². The summed E-state index contributed by atoms with van der Waals surface area (Å²) in [6.07, 6.45) is -2.85. The van der Waals surface area contributed by atoms with Gasteiger partial charge >= 0.3 is 5.97 Å². The molecule has 1 unspecified atom stereocenters. The van der Waals surface area contributed by atoms with E-state index >= 15 is 0 Å². The fourth-order valence-corrected chi connectivity index (χ4v) is 7.91. The van der Waals surface area contributed by atoms with Crippen LogP contribution in [0.25, 0.3) is 0 Å². The molecule has 0 saturated carbocycles. The molecule has 47 heavy (non-hydrogen) atoms. The predicted octanol–water partition coefficient (Wildman–Crippen LogP) is 4.24. The molecule has 2 fully saturated rings. The summed E-state index contributed by atoms with van der Waals surface area (Å²) in [6.45, 7) is 14.4. The number of fused-ring (bicyclic) bond motifs is 2. The number of carbonyl (C=O) groups is 3. The number of rotatable bonds is 5. The lowest BCUT2D eigenvalue weighted by Gasteiger charge is -2.49. The average Bonchev–Trinajstić information content (AvgIpc) is 3.04. The molecule has 11 heteroatoms. The summed E-state index contributed by atoms with van der Waals surface area (Å²) in [5.41, 5.74) is -1.57. The number of likely N-dealkylation sites (N-methyl/N-ethyl adjacent to an activating group) is 1. The van der Waals surface area contributed by atoms with Crippen molar-refractivity contribution in [1.29, 1.82) is 0 Å².